The van der Waals surface area contributed by atoms with Crippen LogP contribution in [0.25, 0.3) is 10.2 Å². The Balaban J connectivity index is 1.45. The first-order valence-electron chi connectivity index (χ1n) is 7.93. The van der Waals surface area contributed by atoms with Crippen LogP contribution in [-0.2, 0) is 4.74 Å². The third kappa shape index (κ3) is 2.83. The van der Waals surface area contributed by atoms with Crippen molar-refractivity contribution in [2.75, 3.05) is 44.3 Å². The molecule has 0 saturated carbocycles. The Morgan fingerprint density at radius 1 is 1.14 bits per heavy atom. The Kier molecular flexibility index (Phi) is 4.22. The smallest absolute Gasteiger partial charge is 0.186 e. The average molecular weight is 338 g/mol. The van der Waals surface area contributed by atoms with Gasteiger partial charge in [-0.2, -0.15) is 0 Å². The average Bonchev–Trinajstić information content (AvgIpc) is 3.02. The number of ether oxygens (including phenoxy) is 1. The maximum atomic E-state index is 6.24. The number of piperidine rings is 1. The first-order chi connectivity index (χ1) is 10.8. The highest BCUT2D eigenvalue weighted by molar-refractivity contribution is 7.22. The molecular formula is C16H20ClN3OS. The van der Waals surface area contributed by atoms with E-state index < -0.39 is 0 Å². The molecule has 4 nitrogen and oxygen atoms in total. The van der Waals surface area contributed by atoms with Gasteiger partial charge in [0.15, 0.2) is 5.13 Å². The molecular weight excluding hydrogens is 318 g/mol. The number of fused-ring (bicyclic) bond motifs is 1. The van der Waals surface area contributed by atoms with E-state index in [4.69, 9.17) is 21.3 Å². The van der Waals surface area contributed by atoms with Crippen molar-refractivity contribution in [3.8, 4) is 0 Å². The topological polar surface area (TPSA) is 28.6 Å². The van der Waals surface area contributed by atoms with Crippen molar-refractivity contribution in [3.63, 3.8) is 0 Å². The Morgan fingerprint density at radius 3 is 2.64 bits per heavy atom. The zero-order valence-corrected chi connectivity index (χ0v) is 14.1. The zero-order valence-electron chi connectivity index (χ0n) is 12.5. The molecule has 0 bridgehead atoms. The molecule has 2 fully saturated rings. The molecule has 0 atom stereocenters. The lowest BCUT2D eigenvalue weighted by Crippen LogP contribution is -2.49. The van der Waals surface area contributed by atoms with Gasteiger partial charge < -0.3 is 9.64 Å². The summed E-state index contributed by atoms with van der Waals surface area (Å²) in [4.78, 5) is 9.76. The van der Waals surface area contributed by atoms with Gasteiger partial charge in [-0.1, -0.05) is 29.0 Å². The summed E-state index contributed by atoms with van der Waals surface area (Å²) in [6.07, 6.45) is 2.42. The number of hydrogen-bond acceptors (Lipinski definition) is 5. The van der Waals surface area contributed by atoms with E-state index in [1.165, 1.54) is 17.5 Å². The van der Waals surface area contributed by atoms with Crippen LogP contribution in [0.3, 0.4) is 0 Å². The molecule has 0 spiro atoms. The van der Waals surface area contributed by atoms with Crippen molar-refractivity contribution in [2.45, 2.75) is 18.9 Å². The van der Waals surface area contributed by atoms with Crippen LogP contribution in [0.4, 0.5) is 5.13 Å². The lowest BCUT2D eigenvalue weighted by molar-refractivity contribution is 0.0115. The highest BCUT2D eigenvalue weighted by Crippen LogP contribution is 2.34. The summed E-state index contributed by atoms with van der Waals surface area (Å²) in [6, 6.07) is 6.72. The van der Waals surface area contributed by atoms with Crippen LogP contribution in [0.1, 0.15) is 12.8 Å². The number of benzene rings is 1. The van der Waals surface area contributed by atoms with Gasteiger partial charge in [0.05, 0.1) is 22.9 Å². The minimum atomic E-state index is 0.707. The van der Waals surface area contributed by atoms with Crippen molar-refractivity contribution >= 4 is 38.3 Å². The molecule has 0 amide bonds. The molecule has 1 aromatic heterocycles. The van der Waals surface area contributed by atoms with Crippen LogP contribution < -0.4 is 4.90 Å². The van der Waals surface area contributed by atoms with Crippen molar-refractivity contribution in [1.29, 1.82) is 0 Å². The molecule has 118 valence electrons. The van der Waals surface area contributed by atoms with Crippen LogP contribution >= 0.6 is 22.9 Å². The van der Waals surface area contributed by atoms with E-state index in [1.807, 2.05) is 12.1 Å². The van der Waals surface area contributed by atoms with Crippen LogP contribution in [0, 0.1) is 0 Å². The number of aromatic nitrogens is 1. The van der Waals surface area contributed by atoms with E-state index >= 15 is 0 Å². The minimum absolute atomic E-state index is 0.707. The molecule has 2 saturated heterocycles. The van der Waals surface area contributed by atoms with Gasteiger partial charge in [-0.15, -0.1) is 0 Å². The number of hydrogen-bond donors (Lipinski definition) is 0. The first-order valence-corrected chi connectivity index (χ1v) is 9.12. The highest BCUT2D eigenvalue weighted by atomic mass is 35.5. The monoisotopic (exact) mass is 337 g/mol. The predicted molar refractivity (Wildman–Crippen MR) is 92.3 cm³/mol. The maximum absolute atomic E-state index is 6.24. The summed E-state index contributed by atoms with van der Waals surface area (Å²) >= 11 is 7.99. The summed E-state index contributed by atoms with van der Waals surface area (Å²) in [5, 5.41) is 1.87. The molecule has 2 aromatic rings. The second kappa shape index (κ2) is 6.32. The number of morpholine rings is 1. The number of para-hydroxylation sites is 1. The minimum Gasteiger partial charge on any atom is -0.379 e. The molecule has 6 heteroatoms. The summed E-state index contributed by atoms with van der Waals surface area (Å²) < 4.78 is 6.63. The van der Waals surface area contributed by atoms with E-state index in [1.54, 1.807) is 11.3 Å². The number of rotatable bonds is 2. The highest BCUT2D eigenvalue weighted by Gasteiger charge is 2.27. The Bertz CT molecular complexity index is 648. The Labute approximate surface area is 139 Å². The molecule has 0 unspecified atom stereocenters. The van der Waals surface area contributed by atoms with Crippen LogP contribution in [0.2, 0.25) is 5.02 Å². The van der Waals surface area contributed by atoms with Gasteiger partial charge in [-0.25, -0.2) is 4.98 Å². The summed E-state index contributed by atoms with van der Waals surface area (Å²) in [5.41, 5.74) is 0.944. The van der Waals surface area contributed by atoms with Gasteiger partial charge in [-0.3, -0.25) is 4.90 Å². The first kappa shape index (κ1) is 14.7. The maximum Gasteiger partial charge on any atom is 0.186 e. The fraction of sp³-hybridized carbons (Fsp3) is 0.562. The molecule has 2 aliphatic heterocycles. The fourth-order valence-corrected chi connectivity index (χ4v) is 4.72. The van der Waals surface area contributed by atoms with Gasteiger partial charge in [0.2, 0.25) is 0 Å². The number of nitrogens with zero attached hydrogens (tertiary/aromatic N) is 3. The second-order valence-electron chi connectivity index (χ2n) is 5.95. The fourth-order valence-electron chi connectivity index (χ4n) is 3.40. The zero-order chi connectivity index (χ0) is 14.9. The van der Waals surface area contributed by atoms with Crippen molar-refractivity contribution in [1.82, 2.24) is 9.88 Å². The predicted octanol–water partition coefficient (Wildman–Crippen LogP) is 3.25. The largest absolute Gasteiger partial charge is 0.379 e. The van der Waals surface area contributed by atoms with Gasteiger partial charge in [0.25, 0.3) is 0 Å². The van der Waals surface area contributed by atoms with E-state index in [0.29, 0.717) is 6.04 Å². The van der Waals surface area contributed by atoms with Gasteiger partial charge in [0, 0.05) is 32.2 Å². The molecule has 0 radical (unpaired) electrons. The standard InChI is InChI=1S/C16H20ClN3OS/c17-13-2-1-3-14-15(13)18-16(22-14)20-6-4-12(5-7-20)19-8-10-21-11-9-19/h1-3,12H,4-11H2. The molecule has 1 aromatic carbocycles. The van der Waals surface area contributed by atoms with Gasteiger partial charge in [0.1, 0.15) is 5.52 Å². The molecule has 0 aliphatic carbocycles. The normalized spacial score (nSPS) is 21.6. The van der Waals surface area contributed by atoms with Crippen molar-refractivity contribution < 1.29 is 4.74 Å². The van der Waals surface area contributed by atoms with Crippen LogP contribution in [0.15, 0.2) is 18.2 Å². The van der Waals surface area contributed by atoms with E-state index in [0.717, 1.165) is 55.1 Å². The Hall–Kier alpha value is -0.880. The second-order valence-corrected chi connectivity index (χ2v) is 7.37. The lowest BCUT2D eigenvalue weighted by atomic mass is 10.0. The third-order valence-corrected chi connectivity index (χ3v) is 6.04. The third-order valence-electron chi connectivity index (χ3n) is 4.66. The summed E-state index contributed by atoms with van der Waals surface area (Å²) in [5.74, 6) is 0. The van der Waals surface area contributed by atoms with E-state index in [9.17, 15) is 0 Å². The molecule has 22 heavy (non-hydrogen) atoms. The molecule has 3 heterocycles. The molecule has 4 rings (SSSR count). The van der Waals surface area contributed by atoms with Crippen molar-refractivity contribution in [3.05, 3.63) is 23.2 Å². The number of thiazole rings is 1. The number of anilines is 1. The van der Waals surface area contributed by atoms with Gasteiger partial charge >= 0.3 is 0 Å². The van der Waals surface area contributed by atoms with Crippen LogP contribution in [-0.4, -0.2) is 55.3 Å². The van der Waals surface area contributed by atoms with Crippen molar-refractivity contribution in [2.24, 2.45) is 0 Å². The molecule has 0 N–H and O–H groups in total. The van der Waals surface area contributed by atoms with Gasteiger partial charge in [-0.05, 0) is 25.0 Å². The van der Waals surface area contributed by atoms with Crippen LogP contribution in [0.5, 0.6) is 0 Å². The van der Waals surface area contributed by atoms with E-state index in [2.05, 4.69) is 15.9 Å². The summed E-state index contributed by atoms with van der Waals surface area (Å²) in [6.45, 7) is 6.11. The van der Waals surface area contributed by atoms with E-state index in [-0.39, 0.29) is 0 Å². The quantitative estimate of drug-likeness (QED) is 0.841. The summed E-state index contributed by atoms with van der Waals surface area (Å²) in [7, 11) is 0. The Morgan fingerprint density at radius 2 is 1.91 bits per heavy atom. The molecule has 2 aliphatic rings. The number of halogens is 1. The lowest BCUT2D eigenvalue weighted by Gasteiger charge is -2.40. The SMILES string of the molecule is Clc1cccc2sc(N3CCC(N4CCOCC4)CC3)nc12.